The van der Waals surface area contributed by atoms with Crippen LogP contribution in [0.15, 0.2) is 30.6 Å². The third-order valence-corrected chi connectivity index (χ3v) is 3.01. The molecule has 0 bridgehead atoms. The summed E-state index contributed by atoms with van der Waals surface area (Å²) in [5.41, 5.74) is 2.64. The van der Waals surface area contributed by atoms with E-state index >= 15 is 0 Å². The lowest BCUT2D eigenvalue weighted by atomic mass is 10.2. The van der Waals surface area contributed by atoms with E-state index in [4.69, 9.17) is 5.11 Å². The van der Waals surface area contributed by atoms with Crippen LogP contribution >= 0.6 is 0 Å². The number of aryl methyl sites for hydroxylation is 1. The second-order valence-electron chi connectivity index (χ2n) is 4.43. The molecule has 0 fully saturated rings. The van der Waals surface area contributed by atoms with Gasteiger partial charge in [0, 0.05) is 49.4 Å². The van der Waals surface area contributed by atoms with Gasteiger partial charge in [-0.25, -0.2) is 9.97 Å². The Hall–Kier alpha value is -2.01. The van der Waals surface area contributed by atoms with E-state index in [-0.39, 0.29) is 6.61 Å². The topological polar surface area (TPSA) is 62.1 Å². The smallest absolute Gasteiger partial charge is 0.225 e. The van der Waals surface area contributed by atoms with Crippen molar-refractivity contribution in [3.63, 3.8) is 0 Å². The van der Waals surface area contributed by atoms with Crippen LogP contribution in [-0.4, -0.2) is 33.7 Å². The lowest BCUT2D eigenvalue weighted by Crippen LogP contribution is -2.23. The first-order chi connectivity index (χ1) is 9.20. The zero-order valence-electron chi connectivity index (χ0n) is 11.2. The first kappa shape index (κ1) is 13.4. The van der Waals surface area contributed by atoms with Crippen LogP contribution in [0.2, 0.25) is 0 Å². The molecular formula is C14H18N4O. The Morgan fingerprint density at radius 3 is 2.74 bits per heavy atom. The maximum absolute atomic E-state index is 9.10. The standard InChI is InChI=1S/C14H18N4O/c1-11-12(10-19)9-16-14(17-11)18(2)8-6-13-5-3-4-7-15-13/h3-5,7,9,19H,6,8,10H2,1-2H3. The van der Waals surface area contributed by atoms with Gasteiger partial charge in [0.15, 0.2) is 0 Å². The number of hydrogen-bond acceptors (Lipinski definition) is 5. The predicted molar refractivity (Wildman–Crippen MR) is 73.9 cm³/mol. The SMILES string of the molecule is Cc1nc(N(C)CCc2ccccn2)ncc1CO. The van der Waals surface area contributed by atoms with Crippen LogP contribution in [0.3, 0.4) is 0 Å². The van der Waals surface area contributed by atoms with Gasteiger partial charge in [-0.2, -0.15) is 0 Å². The van der Waals surface area contributed by atoms with Gasteiger partial charge in [-0.1, -0.05) is 6.07 Å². The van der Waals surface area contributed by atoms with Gasteiger partial charge < -0.3 is 10.0 Å². The molecule has 0 atom stereocenters. The average Bonchev–Trinajstić information content (AvgIpc) is 2.45. The Morgan fingerprint density at radius 2 is 2.11 bits per heavy atom. The van der Waals surface area contributed by atoms with E-state index < -0.39 is 0 Å². The summed E-state index contributed by atoms with van der Waals surface area (Å²) < 4.78 is 0. The second-order valence-corrected chi connectivity index (χ2v) is 4.43. The van der Waals surface area contributed by atoms with E-state index in [0.717, 1.165) is 29.9 Å². The lowest BCUT2D eigenvalue weighted by molar-refractivity contribution is 0.280. The molecule has 2 heterocycles. The highest BCUT2D eigenvalue weighted by molar-refractivity contribution is 5.31. The Bertz CT molecular complexity index is 530. The fourth-order valence-electron chi connectivity index (χ4n) is 1.75. The molecule has 2 rings (SSSR count). The van der Waals surface area contributed by atoms with E-state index in [0.29, 0.717) is 5.95 Å². The maximum atomic E-state index is 9.10. The molecule has 1 N–H and O–H groups in total. The van der Waals surface area contributed by atoms with Crippen molar-refractivity contribution in [1.82, 2.24) is 15.0 Å². The molecule has 100 valence electrons. The van der Waals surface area contributed by atoms with Crippen molar-refractivity contribution in [2.75, 3.05) is 18.5 Å². The van der Waals surface area contributed by atoms with Gasteiger partial charge in [-0.05, 0) is 19.1 Å². The second kappa shape index (κ2) is 6.24. The molecule has 19 heavy (non-hydrogen) atoms. The Balaban J connectivity index is 2.00. The van der Waals surface area contributed by atoms with Crippen LogP contribution in [0.1, 0.15) is 17.0 Å². The summed E-state index contributed by atoms with van der Waals surface area (Å²) in [6.07, 6.45) is 4.32. The highest BCUT2D eigenvalue weighted by atomic mass is 16.3. The molecule has 5 heteroatoms. The summed E-state index contributed by atoms with van der Waals surface area (Å²) in [5, 5.41) is 9.10. The summed E-state index contributed by atoms with van der Waals surface area (Å²) in [7, 11) is 1.95. The highest BCUT2D eigenvalue weighted by Crippen LogP contribution is 2.10. The molecule has 0 amide bonds. The molecule has 0 saturated heterocycles. The first-order valence-corrected chi connectivity index (χ1v) is 6.25. The highest BCUT2D eigenvalue weighted by Gasteiger charge is 2.07. The fraction of sp³-hybridized carbons (Fsp3) is 0.357. The van der Waals surface area contributed by atoms with Crippen LogP contribution in [-0.2, 0) is 13.0 Å². The van der Waals surface area contributed by atoms with Crippen molar-refractivity contribution in [3.8, 4) is 0 Å². The molecule has 0 aliphatic carbocycles. The van der Waals surface area contributed by atoms with Crippen molar-refractivity contribution >= 4 is 5.95 Å². The molecule has 0 aliphatic rings. The molecule has 0 radical (unpaired) electrons. The molecule has 0 unspecified atom stereocenters. The maximum Gasteiger partial charge on any atom is 0.225 e. The lowest BCUT2D eigenvalue weighted by Gasteiger charge is -2.17. The Morgan fingerprint density at radius 1 is 1.26 bits per heavy atom. The van der Waals surface area contributed by atoms with Crippen molar-refractivity contribution in [1.29, 1.82) is 0 Å². The average molecular weight is 258 g/mol. The number of aromatic nitrogens is 3. The molecule has 0 saturated carbocycles. The van der Waals surface area contributed by atoms with Crippen LogP contribution in [0.4, 0.5) is 5.95 Å². The normalized spacial score (nSPS) is 10.5. The Kier molecular flexibility index (Phi) is 4.41. The predicted octanol–water partition coefficient (Wildman–Crippen LogP) is 1.35. The third kappa shape index (κ3) is 3.48. The van der Waals surface area contributed by atoms with Gasteiger partial charge in [-0.3, -0.25) is 4.98 Å². The summed E-state index contributed by atoms with van der Waals surface area (Å²) in [4.78, 5) is 14.9. The number of pyridine rings is 1. The molecule has 0 aromatic carbocycles. The molecule has 0 aliphatic heterocycles. The van der Waals surface area contributed by atoms with Crippen LogP contribution in [0, 0.1) is 6.92 Å². The van der Waals surface area contributed by atoms with Crippen LogP contribution < -0.4 is 4.90 Å². The summed E-state index contributed by atoms with van der Waals surface area (Å²) in [6, 6.07) is 5.90. The van der Waals surface area contributed by atoms with E-state index in [9.17, 15) is 0 Å². The number of hydrogen-bond donors (Lipinski definition) is 1. The van der Waals surface area contributed by atoms with Crippen LogP contribution in [0.5, 0.6) is 0 Å². The summed E-state index contributed by atoms with van der Waals surface area (Å²) in [5.74, 6) is 0.672. The summed E-state index contributed by atoms with van der Waals surface area (Å²) >= 11 is 0. The minimum atomic E-state index is -0.0240. The molecule has 2 aromatic heterocycles. The minimum Gasteiger partial charge on any atom is -0.392 e. The molecular weight excluding hydrogens is 240 g/mol. The van der Waals surface area contributed by atoms with Crippen molar-refractivity contribution in [2.45, 2.75) is 20.0 Å². The quantitative estimate of drug-likeness (QED) is 0.877. The van der Waals surface area contributed by atoms with Gasteiger partial charge in [0.2, 0.25) is 5.95 Å². The van der Waals surface area contributed by atoms with Crippen molar-refractivity contribution in [2.24, 2.45) is 0 Å². The fourth-order valence-corrected chi connectivity index (χ4v) is 1.75. The first-order valence-electron chi connectivity index (χ1n) is 6.25. The van der Waals surface area contributed by atoms with Gasteiger partial charge >= 0.3 is 0 Å². The monoisotopic (exact) mass is 258 g/mol. The van der Waals surface area contributed by atoms with Crippen LogP contribution in [0.25, 0.3) is 0 Å². The molecule has 2 aromatic rings. The number of aliphatic hydroxyl groups excluding tert-OH is 1. The number of likely N-dealkylation sites (N-methyl/N-ethyl adjacent to an activating group) is 1. The zero-order valence-corrected chi connectivity index (χ0v) is 11.2. The van der Waals surface area contributed by atoms with Crippen molar-refractivity contribution in [3.05, 3.63) is 47.5 Å². The van der Waals surface area contributed by atoms with Crippen molar-refractivity contribution < 1.29 is 5.11 Å². The van der Waals surface area contributed by atoms with E-state index in [1.165, 1.54) is 0 Å². The van der Waals surface area contributed by atoms with Gasteiger partial charge in [0.25, 0.3) is 0 Å². The third-order valence-electron chi connectivity index (χ3n) is 3.01. The summed E-state index contributed by atoms with van der Waals surface area (Å²) in [6.45, 7) is 2.65. The Labute approximate surface area is 113 Å². The van der Waals surface area contributed by atoms with E-state index in [1.807, 2.05) is 37.1 Å². The van der Waals surface area contributed by atoms with Gasteiger partial charge in [0.1, 0.15) is 0 Å². The minimum absolute atomic E-state index is 0.0240. The number of rotatable bonds is 5. The zero-order chi connectivity index (χ0) is 13.7. The van der Waals surface area contributed by atoms with Gasteiger partial charge in [-0.15, -0.1) is 0 Å². The van der Waals surface area contributed by atoms with Gasteiger partial charge in [0.05, 0.1) is 6.61 Å². The van der Waals surface area contributed by atoms with E-state index in [2.05, 4.69) is 15.0 Å². The van der Waals surface area contributed by atoms with E-state index in [1.54, 1.807) is 12.4 Å². The molecule has 5 nitrogen and oxygen atoms in total. The molecule has 0 spiro atoms. The largest absolute Gasteiger partial charge is 0.392 e. The number of anilines is 1. The number of aliphatic hydroxyl groups is 1. The number of nitrogens with zero attached hydrogens (tertiary/aromatic N) is 4.